The first-order valence-electron chi connectivity index (χ1n) is 6.20. The Balaban J connectivity index is 2.12. The number of likely N-dealkylation sites (tertiary alicyclic amines) is 1. The molecule has 2 heterocycles. The zero-order chi connectivity index (χ0) is 12.4. The lowest BCUT2D eigenvalue weighted by atomic mass is 10.0. The highest BCUT2D eigenvalue weighted by Gasteiger charge is 2.33. The molecular weight excluding hydrogens is 232 g/mol. The van der Waals surface area contributed by atoms with E-state index in [1.54, 1.807) is 11.3 Å². The molecule has 1 aromatic rings. The van der Waals surface area contributed by atoms with Crippen LogP contribution in [0.4, 0.5) is 0 Å². The number of nitrogens with two attached hydrogens (primary N) is 1. The van der Waals surface area contributed by atoms with E-state index in [2.05, 4.69) is 17.5 Å². The summed E-state index contributed by atoms with van der Waals surface area (Å²) in [6.07, 6.45) is 2.18. The third kappa shape index (κ3) is 2.53. The standard InChI is InChI=1S/C13H20N2OS/c1-9(10(2)14)13(16)15-7-3-5-11(15)12-6-4-8-17-12/h4,6,8-11H,3,5,7,14H2,1-2H3. The van der Waals surface area contributed by atoms with E-state index in [1.807, 2.05) is 18.7 Å². The number of carbonyl (C=O) groups excluding carboxylic acids is 1. The van der Waals surface area contributed by atoms with Crippen LogP contribution in [0.2, 0.25) is 0 Å². The van der Waals surface area contributed by atoms with Gasteiger partial charge in [-0.2, -0.15) is 0 Å². The number of thiophene rings is 1. The molecule has 0 saturated carbocycles. The molecule has 2 rings (SSSR count). The molecule has 0 bridgehead atoms. The molecule has 17 heavy (non-hydrogen) atoms. The minimum absolute atomic E-state index is 0.0768. The average molecular weight is 252 g/mol. The van der Waals surface area contributed by atoms with Crippen molar-refractivity contribution in [3.05, 3.63) is 22.4 Å². The van der Waals surface area contributed by atoms with E-state index in [0.717, 1.165) is 19.4 Å². The third-order valence-electron chi connectivity index (χ3n) is 3.59. The summed E-state index contributed by atoms with van der Waals surface area (Å²) < 4.78 is 0. The van der Waals surface area contributed by atoms with Gasteiger partial charge in [-0.25, -0.2) is 0 Å². The monoisotopic (exact) mass is 252 g/mol. The third-order valence-corrected chi connectivity index (χ3v) is 4.56. The van der Waals surface area contributed by atoms with Gasteiger partial charge in [0.25, 0.3) is 0 Å². The number of hydrogen-bond acceptors (Lipinski definition) is 3. The van der Waals surface area contributed by atoms with Crippen molar-refractivity contribution in [2.24, 2.45) is 11.7 Å². The maximum atomic E-state index is 12.3. The lowest BCUT2D eigenvalue weighted by Gasteiger charge is -2.28. The van der Waals surface area contributed by atoms with Crippen LogP contribution in [-0.2, 0) is 4.79 Å². The van der Waals surface area contributed by atoms with Crippen molar-refractivity contribution < 1.29 is 4.79 Å². The van der Waals surface area contributed by atoms with Crippen molar-refractivity contribution in [1.82, 2.24) is 4.90 Å². The first-order chi connectivity index (χ1) is 8.11. The largest absolute Gasteiger partial charge is 0.335 e. The predicted molar refractivity (Wildman–Crippen MR) is 70.8 cm³/mol. The van der Waals surface area contributed by atoms with Crippen LogP contribution in [0.15, 0.2) is 17.5 Å². The quantitative estimate of drug-likeness (QED) is 0.898. The summed E-state index contributed by atoms with van der Waals surface area (Å²) in [7, 11) is 0. The van der Waals surface area contributed by atoms with Gasteiger partial charge in [0, 0.05) is 17.5 Å². The molecule has 3 unspecified atom stereocenters. The number of amides is 1. The Hall–Kier alpha value is -0.870. The van der Waals surface area contributed by atoms with Crippen molar-refractivity contribution in [3.63, 3.8) is 0 Å². The zero-order valence-corrected chi connectivity index (χ0v) is 11.2. The van der Waals surface area contributed by atoms with Crippen molar-refractivity contribution in [2.75, 3.05) is 6.54 Å². The van der Waals surface area contributed by atoms with Gasteiger partial charge < -0.3 is 10.6 Å². The number of hydrogen-bond donors (Lipinski definition) is 1. The van der Waals surface area contributed by atoms with Crippen LogP contribution < -0.4 is 5.73 Å². The molecular formula is C13H20N2OS. The second-order valence-electron chi connectivity index (χ2n) is 4.85. The van der Waals surface area contributed by atoms with Gasteiger partial charge in [0.05, 0.1) is 12.0 Å². The predicted octanol–water partition coefficient (Wildman–Crippen LogP) is 2.39. The Morgan fingerprint density at radius 2 is 2.35 bits per heavy atom. The van der Waals surface area contributed by atoms with E-state index in [1.165, 1.54) is 4.88 Å². The normalized spacial score (nSPS) is 23.7. The first-order valence-corrected chi connectivity index (χ1v) is 7.08. The Bertz CT molecular complexity index is 375. The van der Waals surface area contributed by atoms with Crippen molar-refractivity contribution in [3.8, 4) is 0 Å². The highest BCUT2D eigenvalue weighted by Crippen LogP contribution is 2.35. The molecule has 2 N–H and O–H groups in total. The van der Waals surface area contributed by atoms with Gasteiger partial charge in [0.1, 0.15) is 0 Å². The molecule has 0 aliphatic carbocycles. The summed E-state index contributed by atoms with van der Waals surface area (Å²) in [5.41, 5.74) is 5.82. The number of carbonyl (C=O) groups is 1. The molecule has 1 saturated heterocycles. The lowest BCUT2D eigenvalue weighted by Crippen LogP contribution is -2.41. The molecule has 1 aliphatic rings. The lowest BCUT2D eigenvalue weighted by molar-refractivity contribution is -0.136. The second kappa shape index (κ2) is 5.19. The Labute approximate surface area is 107 Å². The van der Waals surface area contributed by atoms with E-state index < -0.39 is 0 Å². The van der Waals surface area contributed by atoms with Gasteiger partial charge in [0.15, 0.2) is 0 Å². The van der Waals surface area contributed by atoms with Gasteiger partial charge in [-0.3, -0.25) is 4.79 Å². The van der Waals surface area contributed by atoms with Crippen molar-refractivity contribution in [1.29, 1.82) is 0 Å². The molecule has 3 nitrogen and oxygen atoms in total. The first kappa shape index (κ1) is 12.6. The summed E-state index contributed by atoms with van der Waals surface area (Å²) in [4.78, 5) is 15.7. The molecule has 3 atom stereocenters. The molecule has 0 spiro atoms. The fourth-order valence-corrected chi connectivity index (χ4v) is 3.17. The fraction of sp³-hybridized carbons (Fsp3) is 0.615. The summed E-state index contributed by atoms with van der Waals surface area (Å²) in [6.45, 7) is 4.70. The SMILES string of the molecule is CC(N)C(C)C(=O)N1CCCC1c1cccs1. The summed E-state index contributed by atoms with van der Waals surface area (Å²) >= 11 is 1.74. The molecule has 0 aromatic carbocycles. The van der Waals surface area contributed by atoms with Gasteiger partial charge in [-0.1, -0.05) is 13.0 Å². The zero-order valence-electron chi connectivity index (χ0n) is 10.4. The van der Waals surface area contributed by atoms with Gasteiger partial charge in [0.2, 0.25) is 5.91 Å². The molecule has 0 radical (unpaired) electrons. The van der Waals surface area contributed by atoms with Gasteiger partial charge >= 0.3 is 0 Å². The molecule has 1 amide bonds. The Morgan fingerprint density at radius 1 is 1.59 bits per heavy atom. The smallest absolute Gasteiger partial charge is 0.227 e. The molecule has 1 aliphatic heterocycles. The topological polar surface area (TPSA) is 46.3 Å². The van der Waals surface area contributed by atoms with Gasteiger partial charge in [-0.15, -0.1) is 11.3 Å². The van der Waals surface area contributed by atoms with E-state index in [-0.39, 0.29) is 23.9 Å². The van der Waals surface area contributed by atoms with E-state index >= 15 is 0 Å². The fourth-order valence-electron chi connectivity index (χ4n) is 2.29. The molecule has 1 aromatic heterocycles. The molecule has 94 valence electrons. The van der Waals surface area contributed by atoms with Crippen molar-refractivity contribution >= 4 is 17.2 Å². The van der Waals surface area contributed by atoms with Crippen LogP contribution >= 0.6 is 11.3 Å². The Kier molecular flexibility index (Phi) is 3.84. The summed E-state index contributed by atoms with van der Waals surface area (Å²) in [6, 6.07) is 4.38. The van der Waals surface area contributed by atoms with Crippen LogP contribution in [0, 0.1) is 5.92 Å². The maximum Gasteiger partial charge on any atom is 0.227 e. The minimum atomic E-state index is -0.0874. The highest BCUT2D eigenvalue weighted by molar-refractivity contribution is 7.10. The van der Waals surface area contributed by atoms with Crippen LogP contribution in [0.1, 0.15) is 37.6 Å². The highest BCUT2D eigenvalue weighted by atomic mass is 32.1. The number of nitrogens with zero attached hydrogens (tertiary/aromatic N) is 1. The van der Waals surface area contributed by atoms with Crippen LogP contribution in [-0.4, -0.2) is 23.4 Å². The average Bonchev–Trinajstić information content (AvgIpc) is 2.96. The molecule has 4 heteroatoms. The van der Waals surface area contributed by atoms with Crippen LogP contribution in [0.5, 0.6) is 0 Å². The molecule has 1 fully saturated rings. The van der Waals surface area contributed by atoms with Gasteiger partial charge in [-0.05, 0) is 31.2 Å². The minimum Gasteiger partial charge on any atom is -0.335 e. The number of rotatable bonds is 3. The maximum absolute atomic E-state index is 12.3. The van der Waals surface area contributed by atoms with E-state index in [4.69, 9.17) is 5.73 Å². The van der Waals surface area contributed by atoms with E-state index in [0.29, 0.717) is 0 Å². The van der Waals surface area contributed by atoms with Crippen LogP contribution in [0.25, 0.3) is 0 Å². The van der Waals surface area contributed by atoms with Crippen molar-refractivity contribution in [2.45, 2.75) is 38.8 Å². The second-order valence-corrected chi connectivity index (χ2v) is 5.83. The van der Waals surface area contributed by atoms with E-state index in [9.17, 15) is 4.79 Å². The van der Waals surface area contributed by atoms with Crippen LogP contribution in [0.3, 0.4) is 0 Å². The summed E-state index contributed by atoms with van der Waals surface area (Å²) in [5, 5.41) is 2.07. The summed E-state index contributed by atoms with van der Waals surface area (Å²) in [5.74, 6) is 0.117. The Morgan fingerprint density at radius 3 is 2.94 bits per heavy atom.